The second-order valence-electron chi connectivity index (χ2n) is 2.41. The van der Waals surface area contributed by atoms with Gasteiger partial charge in [0.15, 0.2) is 0 Å². The molecule has 8 nitrogen and oxygen atoms in total. The van der Waals surface area contributed by atoms with Crippen molar-refractivity contribution in [1.82, 2.24) is 0 Å². The molecule has 0 radical (unpaired) electrons. The molecular formula is C7H24N8. The molecule has 0 aromatic rings. The zero-order valence-electron chi connectivity index (χ0n) is 9.06. The lowest BCUT2D eigenvalue weighted by atomic mass is 10.4. The Bertz CT molecular complexity index is 150. The summed E-state index contributed by atoms with van der Waals surface area (Å²) >= 11 is 0. The SMILES string of the molecule is CCC(N)N.NC=C(N)N.NC=C(N)N. The third-order valence-corrected chi connectivity index (χ3v) is 0.856. The fourth-order valence-electron chi connectivity index (χ4n) is 0. The first-order valence-corrected chi connectivity index (χ1v) is 4.18. The smallest absolute Gasteiger partial charge is 0.109 e. The molecule has 0 rings (SSSR count). The van der Waals surface area contributed by atoms with Gasteiger partial charge in [0.2, 0.25) is 0 Å². The summed E-state index contributed by atoms with van der Waals surface area (Å²) in [5, 5.41) is 0. The summed E-state index contributed by atoms with van der Waals surface area (Å²) in [5.74, 6) is 0.315. The average molecular weight is 220 g/mol. The van der Waals surface area contributed by atoms with Gasteiger partial charge in [-0.05, 0) is 6.42 Å². The Morgan fingerprint density at radius 3 is 1.07 bits per heavy atom. The number of rotatable bonds is 1. The van der Waals surface area contributed by atoms with Gasteiger partial charge in [-0.1, -0.05) is 6.92 Å². The molecule has 0 amide bonds. The van der Waals surface area contributed by atoms with Crippen LogP contribution in [0.25, 0.3) is 0 Å². The molecule has 0 aliphatic carbocycles. The monoisotopic (exact) mass is 220 g/mol. The molecule has 0 saturated carbocycles. The standard InChI is InChI=1S/C3H10N2.2C2H7N3/c1-2-3(4)5;2*3-1-2(4)5/h3H,2,4-5H2,1H3;2*1H,3-5H2. The first kappa shape index (κ1) is 18.9. The number of hydrogen-bond acceptors (Lipinski definition) is 8. The summed E-state index contributed by atoms with van der Waals surface area (Å²) in [5.41, 5.74) is 38.9. The summed E-state index contributed by atoms with van der Waals surface area (Å²) in [7, 11) is 0. The molecule has 15 heavy (non-hydrogen) atoms. The van der Waals surface area contributed by atoms with Gasteiger partial charge in [0.1, 0.15) is 11.6 Å². The Labute approximate surface area is 90.3 Å². The highest BCUT2D eigenvalue weighted by Crippen LogP contribution is 1.68. The molecule has 16 N–H and O–H groups in total. The fraction of sp³-hybridized carbons (Fsp3) is 0.429. The van der Waals surface area contributed by atoms with Crippen molar-refractivity contribution in [3.05, 3.63) is 24.0 Å². The predicted octanol–water partition coefficient (Wildman–Crippen LogP) is -3.04. The molecule has 8 heteroatoms. The van der Waals surface area contributed by atoms with Crippen LogP contribution in [0.15, 0.2) is 24.0 Å². The van der Waals surface area contributed by atoms with E-state index in [4.69, 9.17) is 45.9 Å². The van der Waals surface area contributed by atoms with Crippen molar-refractivity contribution in [3.63, 3.8) is 0 Å². The van der Waals surface area contributed by atoms with Crippen LogP contribution in [0, 0.1) is 0 Å². The summed E-state index contributed by atoms with van der Waals surface area (Å²) in [6, 6.07) is 0. The van der Waals surface area contributed by atoms with E-state index in [2.05, 4.69) is 0 Å². The van der Waals surface area contributed by atoms with Gasteiger partial charge in [-0.2, -0.15) is 0 Å². The zero-order valence-corrected chi connectivity index (χ0v) is 9.06. The Balaban J connectivity index is -0.000000144. The average Bonchev–Trinajstić information content (AvgIpc) is 2.19. The largest absolute Gasteiger partial charge is 0.402 e. The summed E-state index contributed by atoms with van der Waals surface area (Å²) in [6.45, 7) is 1.95. The summed E-state index contributed by atoms with van der Waals surface area (Å²) < 4.78 is 0. The highest BCUT2D eigenvalue weighted by atomic mass is 14.8. The highest BCUT2D eigenvalue weighted by molar-refractivity contribution is 4.84. The molecule has 0 bridgehead atoms. The Morgan fingerprint density at radius 2 is 1.07 bits per heavy atom. The van der Waals surface area contributed by atoms with Crippen LogP contribution in [0.1, 0.15) is 13.3 Å². The number of nitrogens with two attached hydrogens (primary N) is 8. The van der Waals surface area contributed by atoms with Gasteiger partial charge in [0.25, 0.3) is 0 Å². The summed E-state index contributed by atoms with van der Waals surface area (Å²) in [6.07, 6.45) is 3.02. The van der Waals surface area contributed by atoms with Crippen molar-refractivity contribution >= 4 is 0 Å². The molecule has 0 fully saturated rings. The lowest BCUT2D eigenvalue weighted by Crippen LogP contribution is -2.28. The van der Waals surface area contributed by atoms with E-state index in [0.29, 0.717) is 0 Å². The molecule has 0 unspecified atom stereocenters. The first-order valence-electron chi connectivity index (χ1n) is 4.18. The van der Waals surface area contributed by atoms with Crippen molar-refractivity contribution in [1.29, 1.82) is 0 Å². The van der Waals surface area contributed by atoms with Crippen molar-refractivity contribution in [2.75, 3.05) is 0 Å². The number of hydrogen-bond donors (Lipinski definition) is 8. The van der Waals surface area contributed by atoms with Crippen LogP contribution < -0.4 is 45.9 Å². The van der Waals surface area contributed by atoms with Crippen LogP contribution in [-0.2, 0) is 0 Å². The normalized spacial score (nSPS) is 7.47. The van der Waals surface area contributed by atoms with Gasteiger partial charge in [-0.3, -0.25) is 0 Å². The van der Waals surface area contributed by atoms with E-state index in [1.165, 1.54) is 0 Å². The Morgan fingerprint density at radius 1 is 0.933 bits per heavy atom. The molecular weight excluding hydrogens is 196 g/mol. The van der Waals surface area contributed by atoms with Crippen LogP contribution in [-0.4, -0.2) is 6.17 Å². The maximum atomic E-state index is 5.07. The van der Waals surface area contributed by atoms with Crippen LogP contribution >= 0.6 is 0 Å². The second kappa shape index (κ2) is 14.7. The van der Waals surface area contributed by atoms with Gasteiger partial charge in [-0.25, -0.2) is 0 Å². The molecule has 0 saturated heterocycles. The van der Waals surface area contributed by atoms with E-state index in [0.717, 1.165) is 18.8 Å². The van der Waals surface area contributed by atoms with E-state index < -0.39 is 0 Å². The zero-order chi connectivity index (χ0) is 12.9. The van der Waals surface area contributed by atoms with Crippen molar-refractivity contribution < 1.29 is 0 Å². The molecule has 0 aromatic heterocycles. The van der Waals surface area contributed by atoms with E-state index in [1.807, 2.05) is 6.92 Å². The fourth-order valence-corrected chi connectivity index (χ4v) is 0. The highest BCUT2D eigenvalue weighted by Gasteiger charge is 1.79. The maximum Gasteiger partial charge on any atom is 0.109 e. The van der Waals surface area contributed by atoms with Crippen molar-refractivity contribution in [2.24, 2.45) is 45.9 Å². The lowest BCUT2D eigenvalue weighted by Gasteiger charge is -1.92. The maximum absolute atomic E-state index is 5.07. The van der Waals surface area contributed by atoms with Crippen LogP contribution in [0.5, 0.6) is 0 Å². The van der Waals surface area contributed by atoms with E-state index in [9.17, 15) is 0 Å². The van der Waals surface area contributed by atoms with Crippen LogP contribution in [0.3, 0.4) is 0 Å². The molecule has 0 aliphatic heterocycles. The Hall–Kier alpha value is -1.80. The van der Waals surface area contributed by atoms with Crippen LogP contribution in [0.4, 0.5) is 0 Å². The molecule has 92 valence electrons. The molecule has 0 aliphatic rings. The Kier molecular flexibility index (Phi) is 18.5. The predicted molar refractivity (Wildman–Crippen MR) is 63.7 cm³/mol. The third-order valence-electron chi connectivity index (χ3n) is 0.856. The summed E-state index contributed by atoms with van der Waals surface area (Å²) in [4.78, 5) is 0. The van der Waals surface area contributed by atoms with E-state index >= 15 is 0 Å². The van der Waals surface area contributed by atoms with Gasteiger partial charge in [-0.15, -0.1) is 0 Å². The minimum absolute atomic E-state index is 0.116. The van der Waals surface area contributed by atoms with Gasteiger partial charge in [0.05, 0.1) is 6.17 Å². The minimum atomic E-state index is -0.116. The second-order valence-corrected chi connectivity index (χ2v) is 2.41. The van der Waals surface area contributed by atoms with Gasteiger partial charge < -0.3 is 45.9 Å². The third kappa shape index (κ3) is 72.0. The van der Waals surface area contributed by atoms with Crippen LogP contribution in [0.2, 0.25) is 0 Å². The van der Waals surface area contributed by atoms with Gasteiger partial charge >= 0.3 is 0 Å². The van der Waals surface area contributed by atoms with E-state index in [-0.39, 0.29) is 17.8 Å². The van der Waals surface area contributed by atoms with E-state index in [1.54, 1.807) is 0 Å². The molecule has 0 aromatic carbocycles. The van der Waals surface area contributed by atoms with Gasteiger partial charge in [0, 0.05) is 12.4 Å². The minimum Gasteiger partial charge on any atom is -0.402 e. The van der Waals surface area contributed by atoms with Crippen molar-refractivity contribution in [2.45, 2.75) is 19.5 Å². The van der Waals surface area contributed by atoms with Crippen molar-refractivity contribution in [3.8, 4) is 0 Å². The topological polar surface area (TPSA) is 208 Å². The molecule has 0 spiro atoms. The molecule has 0 atom stereocenters. The molecule has 0 heterocycles. The first-order chi connectivity index (χ1) is 6.81. The lowest BCUT2D eigenvalue weighted by molar-refractivity contribution is 0.682. The quantitative estimate of drug-likeness (QED) is 0.212.